The van der Waals surface area contributed by atoms with Crippen LogP contribution in [0.15, 0.2) is 57.9 Å². The fourth-order valence-corrected chi connectivity index (χ4v) is 2.46. The summed E-state index contributed by atoms with van der Waals surface area (Å²) in [5, 5.41) is 1.18. The molecule has 0 radical (unpaired) electrons. The van der Waals surface area contributed by atoms with E-state index in [1.165, 1.54) is 12.1 Å². The molecule has 3 rings (SSSR count). The molecule has 6 heteroatoms. The van der Waals surface area contributed by atoms with E-state index in [9.17, 15) is 9.59 Å². The second-order valence-corrected chi connectivity index (χ2v) is 5.79. The average Bonchev–Trinajstić information content (AvgIpc) is 2.60. The van der Waals surface area contributed by atoms with E-state index < -0.39 is 11.6 Å². The SMILES string of the molecule is Cc1cc2oc(=O)cc(COC(=O)C=Cc3ccccn3)c2cc1Cl. The van der Waals surface area contributed by atoms with Gasteiger partial charge in [0.1, 0.15) is 12.2 Å². The standard InChI is InChI=1S/C19H14ClNO4/c1-12-8-17-15(10-16(12)20)13(9-19(23)25-17)11-24-18(22)6-5-14-4-2-3-7-21-14/h2-10H,11H2,1H3. The predicted octanol–water partition coefficient (Wildman–Crippen LogP) is 3.91. The molecule has 0 bridgehead atoms. The minimum Gasteiger partial charge on any atom is -0.458 e. The lowest BCUT2D eigenvalue weighted by Crippen LogP contribution is -2.06. The number of ether oxygens (including phenoxy) is 1. The van der Waals surface area contributed by atoms with E-state index in [2.05, 4.69) is 4.98 Å². The van der Waals surface area contributed by atoms with Crippen molar-refractivity contribution in [2.75, 3.05) is 0 Å². The number of aromatic nitrogens is 1. The zero-order valence-corrected chi connectivity index (χ0v) is 14.1. The molecule has 126 valence electrons. The van der Waals surface area contributed by atoms with Crippen LogP contribution in [0.2, 0.25) is 5.02 Å². The van der Waals surface area contributed by atoms with Gasteiger partial charge in [-0.1, -0.05) is 17.7 Å². The highest BCUT2D eigenvalue weighted by Gasteiger charge is 2.10. The molecule has 0 aliphatic rings. The first-order valence-electron chi connectivity index (χ1n) is 7.52. The van der Waals surface area contributed by atoms with Gasteiger partial charge in [-0.05, 0) is 42.8 Å². The van der Waals surface area contributed by atoms with Crippen LogP contribution < -0.4 is 5.63 Å². The van der Waals surface area contributed by atoms with Gasteiger partial charge in [-0.2, -0.15) is 0 Å². The van der Waals surface area contributed by atoms with Crippen LogP contribution in [-0.4, -0.2) is 11.0 Å². The molecule has 0 saturated heterocycles. The van der Waals surface area contributed by atoms with Crippen LogP contribution in [0.25, 0.3) is 17.0 Å². The van der Waals surface area contributed by atoms with Crippen molar-refractivity contribution >= 4 is 34.6 Å². The number of rotatable bonds is 4. The molecule has 25 heavy (non-hydrogen) atoms. The van der Waals surface area contributed by atoms with Gasteiger partial charge in [0.05, 0.1) is 5.69 Å². The van der Waals surface area contributed by atoms with Gasteiger partial charge >= 0.3 is 11.6 Å². The molecule has 0 atom stereocenters. The van der Waals surface area contributed by atoms with Crippen molar-refractivity contribution in [3.63, 3.8) is 0 Å². The zero-order chi connectivity index (χ0) is 17.8. The van der Waals surface area contributed by atoms with Crippen molar-refractivity contribution in [2.24, 2.45) is 0 Å². The number of nitrogens with zero attached hydrogens (tertiary/aromatic N) is 1. The molecular formula is C19H14ClNO4. The number of benzene rings is 1. The van der Waals surface area contributed by atoms with Crippen molar-refractivity contribution in [2.45, 2.75) is 13.5 Å². The molecule has 0 N–H and O–H groups in total. The average molecular weight is 356 g/mol. The maximum absolute atomic E-state index is 11.9. The Hall–Kier alpha value is -2.92. The Balaban J connectivity index is 1.79. The van der Waals surface area contributed by atoms with E-state index in [4.69, 9.17) is 20.8 Å². The fourth-order valence-electron chi connectivity index (χ4n) is 2.29. The van der Waals surface area contributed by atoms with Crippen molar-refractivity contribution in [1.82, 2.24) is 4.98 Å². The number of pyridine rings is 1. The summed E-state index contributed by atoms with van der Waals surface area (Å²) in [6.07, 6.45) is 4.47. The number of hydrogen-bond donors (Lipinski definition) is 0. The van der Waals surface area contributed by atoms with E-state index in [1.54, 1.807) is 36.5 Å². The van der Waals surface area contributed by atoms with Gasteiger partial charge in [-0.25, -0.2) is 9.59 Å². The van der Waals surface area contributed by atoms with Crippen molar-refractivity contribution < 1.29 is 13.9 Å². The molecule has 2 heterocycles. The highest BCUT2D eigenvalue weighted by molar-refractivity contribution is 6.32. The first-order chi connectivity index (χ1) is 12.0. The lowest BCUT2D eigenvalue weighted by molar-refractivity contribution is -0.138. The number of aryl methyl sites for hydroxylation is 1. The summed E-state index contributed by atoms with van der Waals surface area (Å²) in [4.78, 5) is 27.6. The van der Waals surface area contributed by atoms with Gasteiger partial charge in [0.25, 0.3) is 0 Å². The summed E-state index contributed by atoms with van der Waals surface area (Å²) in [6.45, 7) is 1.75. The summed E-state index contributed by atoms with van der Waals surface area (Å²) in [5.41, 5.74) is 1.87. The molecule has 0 unspecified atom stereocenters. The monoisotopic (exact) mass is 355 g/mol. The second-order valence-electron chi connectivity index (χ2n) is 5.38. The third kappa shape index (κ3) is 4.14. The first-order valence-corrected chi connectivity index (χ1v) is 7.89. The van der Waals surface area contributed by atoms with Crippen molar-refractivity contribution in [3.8, 4) is 0 Å². The summed E-state index contributed by atoms with van der Waals surface area (Å²) >= 11 is 6.13. The lowest BCUT2D eigenvalue weighted by atomic mass is 10.1. The predicted molar refractivity (Wildman–Crippen MR) is 95.3 cm³/mol. The first kappa shape index (κ1) is 16.9. The van der Waals surface area contributed by atoms with E-state index in [1.807, 2.05) is 13.0 Å². The molecule has 2 aromatic heterocycles. The number of esters is 1. The van der Waals surface area contributed by atoms with Crippen LogP contribution in [-0.2, 0) is 16.1 Å². The van der Waals surface area contributed by atoms with Gasteiger partial charge in [0.15, 0.2) is 0 Å². The minimum absolute atomic E-state index is 0.0626. The van der Waals surface area contributed by atoms with Crippen molar-refractivity contribution in [3.05, 3.63) is 80.9 Å². The number of carbonyl (C=O) groups is 1. The van der Waals surface area contributed by atoms with Gasteiger partial charge in [-0.3, -0.25) is 4.98 Å². The number of fused-ring (bicyclic) bond motifs is 1. The third-order valence-corrected chi connectivity index (χ3v) is 3.96. The Morgan fingerprint density at radius 1 is 1.32 bits per heavy atom. The Labute approximate surface area is 148 Å². The normalized spacial score (nSPS) is 11.1. The maximum Gasteiger partial charge on any atom is 0.336 e. The molecule has 0 fully saturated rings. The van der Waals surface area contributed by atoms with E-state index in [-0.39, 0.29) is 6.61 Å². The highest BCUT2D eigenvalue weighted by Crippen LogP contribution is 2.25. The smallest absolute Gasteiger partial charge is 0.336 e. The van der Waals surface area contributed by atoms with E-state index in [0.29, 0.717) is 27.2 Å². The molecule has 0 spiro atoms. The molecule has 0 aliphatic heterocycles. The minimum atomic E-state index is -0.537. The number of carbonyl (C=O) groups excluding carboxylic acids is 1. The Bertz CT molecular complexity index is 1010. The van der Waals surface area contributed by atoms with Gasteiger partial charge in [0, 0.05) is 34.3 Å². The van der Waals surface area contributed by atoms with Crippen molar-refractivity contribution in [1.29, 1.82) is 0 Å². The Kier molecular flexibility index (Phi) is 4.95. The Morgan fingerprint density at radius 3 is 2.92 bits per heavy atom. The molecular weight excluding hydrogens is 342 g/mol. The molecule has 0 aliphatic carbocycles. The van der Waals surface area contributed by atoms with Gasteiger partial charge < -0.3 is 9.15 Å². The topological polar surface area (TPSA) is 69.4 Å². The largest absolute Gasteiger partial charge is 0.458 e. The molecule has 0 amide bonds. The summed E-state index contributed by atoms with van der Waals surface area (Å²) in [5.74, 6) is -0.537. The number of hydrogen-bond acceptors (Lipinski definition) is 5. The Morgan fingerprint density at radius 2 is 2.16 bits per heavy atom. The van der Waals surface area contributed by atoms with Gasteiger partial charge in [0.2, 0.25) is 0 Å². The lowest BCUT2D eigenvalue weighted by Gasteiger charge is -2.07. The van der Waals surface area contributed by atoms with Crippen LogP contribution in [0.4, 0.5) is 0 Å². The van der Waals surface area contributed by atoms with E-state index >= 15 is 0 Å². The maximum atomic E-state index is 11.9. The molecule has 3 aromatic rings. The summed E-state index contributed by atoms with van der Waals surface area (Å²) in [6, 6.07) is 10.1. The molecule has 1 aromatic carbocycles. The van der Waals surface area contributed by atoms with Crippen LogP contribution >= 0.6 is 11.6 Å². The van der Waals surface area contributed by atoms with Crippen LogP contribution in [0.5, 0.6) is 0 Å². The van der Waals surface area contributed by atoms with Crippen LogP contribution in [0.3, 0.4) is 0 Å². The fraction of sp³-hybridized carbons (Fsp3) is 0.105. The summed E-state index contributed by atoms with van der Waals surface area (Å²) < 4.78 is 10.4. The number of halogens is 1. The highest BCUT2D eigenvalue weighted by atomic mass is 35.5. The van der Waals surface area contributed by atoms with E-state index in [0.717, 1.165) is 5.56 Å². The second kappa shape index (κ2) is 7.32. The van der Waals surface area contributed by atoms with Crippen LogP contribution in [0.1, 0.15) is 16.8 Å². The van der Waals surface area contributed by atoms with Crippen LogP contribution in [0, 0.1) is 6.92 Å². The zero-order valence-electron chi connectivity index (χ0n) is 13.4. The molecule has 0 saturated carbocycles. The quantitative estimate of drug-likeness (QED) is 0.403. The van der Waals surface area contributed by atoms with Gasteiger partial charge in [-0.15, -0.1) is 0 Å². The third-order valence-electron chi connectivity index (χ3n) is 3.56. The summed E-state index contributed by atoms with van der Waals surface area (Å²) in [7, 11) is 0. The molecule has 5 nitrogen and oxygen atoms in total.